The number of benzene rings is 1. The molecule has 0 fully saturated rings. The standard InChI is InChI=1S/C12H17NO/c1-10(14-2)4-3-5-11-6-8-12(13)9-7-11/h6-9H,1,3-5,13H2,2H3. The first-order chi connectivity index (χ1) is 6.72. The molecule has 2 N–H and O–H groups in total. The molecular formula is C12H17NO. The summed E-state index contributed by atoms with van der Waals surface area (Å²) >= 11 is 0. The molecule has 2 heteroatoms. The van der Waals surface area contributed by atoms with Gasteiger partial charge in [0.2, 0.25) is 0 Å². The fraction of sp³-hybridized carbons (Fsp3) is 0.333. The maximum atomic E-state index is 5.59. The number of nitrogens with two attached hydrogens (primary N) is 1. The molecule has 76 valence electrons. The first-order valence-electron chi connectivity index (χ1n) is 4.78. The van der Waals surface area contributed by atoms with E-state index < -0.39 is 0 Å². The SMILES string of the molecule is C=C(CCCc1ccc(N)cc1)OC. The summed E-state index contributed by atoms with van der Waals surface area (Å²) < 4.78 is 4.99. The Balaban J connectivity index is 2.31. The smallest absolute Gasteiger partial charge is 0.0884 e. The third kappa shape index (κ3) is 3.52. The number of aryl methyl sites for hydroxylation is 1. The van der Waals surface area contributed by atoms with Gasteiger partial charge in [-0.3, -0.25) is 0 Å². The van der Waals surface area contributed by atoms with Crippen LogP contribution in [0.4, 0.5) is 5.69 Å². The highest BCUT2D eigenvalue weighted by atomic mass is 16.5. The molecule has 1 aromatic rings. The van der Waals surface area contributed by atoms with Gasteiger partial charge in [0.25, 0.3) is 0 Å². The molecule has 0 aliphatic heterocycles. The lowest BCUT2D eigenvalue weighted by Gasteiger charge is -2.04. The predicted octanol–water partition coefficient (Wildman–Crippen LogP) is 2.75. The number of rotatable bonds is 5. The molecule has 1 aromatic carbocycles. The molecule has 0 aliphatic rings. The summed E-state index contributed by atoms with van der Waals surface area (Å²) in [5.74, 6) is 0.848. The maximum Gasteiger partial charge on any atom is 0.0884 e. The van der Waals surface area contributed by atoms with E-state index in [0.29, 0.717) is 0 Å². The van der Waals surface area contributed by atoms with Gasteiger partial charge >= 0.3 is 0 Å². The Labute approximate surface area is 85.4 Å². The number of anilines is 1. The van der Waals surface area contributed by atoms with E-state index in [2.05, 4.69) is 18.7 Å². The van der Waals surface area contributed by atoms with Crippen molar-refractivity contribution in [3.8, 4) is 0 Å². The van der Waals surface area contributed by atoms with Crippen LogP contribution in [0.15, 0.2) is 36.6 Å². The number of hydrogen-bond acceptors (Lipinski definition) is 2. The molecule has 0 aliphatic carbocycles. The molecule has 0 bridgehead atoms. The number of methoxy groups -OCH3 is 1. The van der Waals surface area contributed by atoms with Gasteiger partial charge in [0.15, 0.2) is 0 Å². The largest absolute Gasteiger partial charge is 0.502 e. The van der Waals surface area contributed by atoms with Gasteiger partial charge in [0, 0.05) is 12.1 Å². The minimum absolute atomic E-state index is 0.815. The van der Waals surface area contributed by atoms with Gasteiger partial charge in [-0.25, -0.2) is 0 Å². The zero-order valence-corrected chi connectivity index (χ0v) is 8.62. The third-order valence-electron chi connectivity index (χ3n) is 2.19. The summed E-state index contributed by atoms with van der Waals surface area (Å²) in [4.78, 5) is 0. The third-order valence-corrected chi connectivity index (χ3v) is 2.19. The van der Waals surface area contributed by atoms with Crippen molar-refractivity contribution in [2.24, 2.45) is 0 Å². The van der Waals surface area contributed by atoms with Gasteiger partial charge in [0.05, 0.1) is 12.9 Å². The van der Waals surface area contributed by atoms with E-state index in [-0.39, 0.29) is 0 Å². The van der Waals surface area contributed by atoms with Crippen LogP contribution in [0.25, 0.3) is 0 Å². The van der Waals surface area contributed by atoms with E-state index in [0.717, 1.165) is 30.7 Å². The van der Waals surface area contributed by atoms with E-state index in [9.17, 15) is 0 Å². The number of allylic oxidation sites excluding steroid dienone is 1. The van der Waals surface area contributed by atoms with Gasteiger partial charge in [0.1, 0.15) is 0 Å². The number of ether oxygens (including phenoxy) is 1. The Morgan fingerprint density at radius 2 is 2.00 bits per heavy atom. The lowest BCUT2D eigenvalue weighted by molar-refractivity contribution is 0.277. The van der Waals surface area contributed by atoms with Crippen molar-refractivity contribution in [2.45, 2.75) is 19.3 Å². The van der Waals surface area contributed by atoms with Crippen LogP contribution < -0.4 is 5.73 Å². The topological polar surface area (TPSA) is 35.2 Å². The Hall–Kier alpha value is -1.44. The minimum Gasteiger partial charge on any atom is -0.502 e. The van der Waals surface area contributed by atoms with Gasteiger partial charge in [-0.15, -0.1) is 0 Å². The second-order valence-electron chi connectivity index (χ2n) is 3.34. The lowest BCUT2D eigenvalue weighted by Crippen LogP contribution is -1.90. The van der Waals surface area contributed by atoms with Crippen LogP contribution in [0.3, 0.4) is 0 Å². The summed E-state index contributed by atoms with van der Waals surface area (Å²) in [6.45, 7) is 3.78. The molecular weight excluding hydrogens is 174 g/mol. The molecule has 0 heterocycles. The Morgan fingerprint density at radius 3 is 2.57 bits per heavy atom. The molecule has 0 radical (unpaired) electrons. The molecule has 0 amide bonds. The molecule has 0 saturated carbocycles. The van der Waals surface area contributed by atoms with Crippen LogP contribution in [0, 0.1) is 0 Å². The van der Waals surface area contributed by atoms with Crippen LogP contribution >= 0.6 is 0 Å². The van der Waals surface area contributed by atoms with Gasteiger partial charge in [-0.2, -0.15) is 0 Å². The van der Waals surface area contributed by atoms with Crippen molar-refractivity contribution < 1.29 is 4.74 Å². The van der Waals surface area contributed by atoms with Gasteiger partial charge in [-0.1, -0.05) is 18.7 Å². The van der Waals surface area contributed by atoms with Crippen LogP contribution in [-0.4, -0.2) is 7.11 Å². The Bertz CT molecular complexity index is 290. The van der Waals surface area contributed by atoms with Crippen LogP contribution in [0.2, 0.25) is 0 Å². The van der Waals surface area contributed by atoms with Crippen LogP contribution in [-0.2, 0) is 11.2 Å². The molecule has 0 aromatic heterocycles. The van der Waals surface area contributed by atoms with Crippen LogP contribution in [0.1, 0.15) is 18.4 Å². The zero-order chi connectivity index (χ0) is 10.4. The lowest BCUT2D eigenvalue weighted by atomic mass is 10.1. The van der Waals surface area contributed by atoms with E-state index in [1.807, 2.05) is 12.1 Å². The first-order valence-corrected chi connectivity index (χ1v) is 4.78. The summed E-state index contributed by atoms with van der Waals surface area (Å²) in [6.07, 6.45) is 3.03. The maximum absolute atomic E-state index is 5.59. The van der Waals surface area contributed by atoms with Crippen LogP contribution in [0.5, 0.6) is 0 Å². The number of nitrogen functional groups attached to an aromatic ring is 1. The molecule has 0 atom stereocenters. The highest BCUT2D eigenvalue weighted by Gasteiger charge is 1.95. The minimum atomic E-state index is 0.815. The molecule has 14 heavy (non-hydrogen) atoms. The van der Waals surface area contributed by atoms with Crippen molar-refractivity contribution in [1.82, 2.24) is 0 Å². The highest BCUT2D eigenvalue weighted by Crippen LogP contribution is 2.11. The Kier molecular flexibility index (Phi) is 4.05. The van der Waals surface area contributed by atoms with Crippen molar-refractivity contribution in [1.29, 1.82) is 0 Å². The fourth-order valence-corrected chi connectivity index (χ4v) is 1.28. The van der Waals surface area contributed by atoms with Crippen molar-refractivity contribution in [3.63, 3.8) is 0 Å². The first kappa shape index (κ1) is 10.6. The van der Waals surface area contributed by atoms with Crippen molar-refractivity contribution >= 4 is 5.69 Å². The monoisotopic (exact) mass is 191 g/mol. The predicted molar refractivity (Wildman–Crippen MR) is 59.9 cm³/mol. The quantitative estimate of drug-likeness (QED) is 0.573. The Morgan fingerprint density at radius 1 is 1.36 bits per heavy atom. The van der Waals surface area contributed by atoms with Crippen molar-refractivity contribution in [3.05, 3.63) is 42.2 Å². The molecule has 0 spiro atoms. The zero-order valence-electron chi connectivity index (χ0n) is 8.62. The molecule has 0 unspecified atom stereocenters. The average Bonchev–Trinajstić information content (AvgIpc) is 2.21. The second-order valence-corrected chi connectivity index (χ2v) is 3.34. The highest BCUT2D eigenvalue weighted by molar-refractivity contribution is 5.39. The molecule has 1 rings (SSSR count). The fourth-order valence-electron chi connectivity index (χ4n) is 1.28. The van der Waals surface area contributed by atoms with Crippen molar-refractivity contribution in [2.75, 3.05) is 12.8 Å². The second kappa shape index (κ2) is 5.32. The summed E-state index contributed by atoms with van der Waals surface area (Å²) in [5.41, 5.74) is 7.71. The van der Waals surface area contributed by atoms with E-state index >= 15 is 0 Å². The number of hydrogen-bond donors (Lipinski definition) is 1. The molecule has 2 nitrogen and oxygen atoms in total. The normalized spacial score (nSPS) is 9.79. The van der Waals surface area contributed by atoms with E-state index in [1.165, 1.54) is 5.56 Å². The summed E-state index contributed by atoms with van der Waals surface area (Å²) in [6, 6.07) is 7.98. The van der Waals surface area contributed by atoms with E-state index in [1.54, 1.807) is 7.11 Å². The summed E-state index contributed by atoms with van der Waals surface area (Å²) in [7, 11) is 1.66. The van der Waals surface area contributed by atoms with Gasteiger partial charge in [-0.05, 0) is 30.5 Å². The summed E-state index contributed by atoms with van der Waals surface area (Å²) in [5, 5.41) is 0. The van der Waals surface area contributed by atoms with E-state index in [4.69, 9.17) is 10.5 Å². The average molecular weight is 191 g/mol. The van der Waals surface area contributed by atoms with Gasteiger partial charge < -0.3 is 10.5 Å². The molecule has 0 saturated heterocycles.